The van der Waals surface area contributed by atoms with Gasteiger partial charge in [0.2, 0.25) is 11.8 Å². The normalized spacial score (nSPS) is 32.1. The van der Waals surface area contributed by atoms with E-state index in [9.17, 15) is 14.4 Å². The van der Waals surface area contributed by atoms with E-state index in [-0.39, 0.29) is 41.4 Å². The highest BCUT2D eigenvalue weighted by atomic mass is 35.5. The number of nitrogens with one attached hydrogen (secondary N) is 1. The van der Waals surface area contributed by atoms with Crippen LogP contribution in [0.25, 0.3) is 0 Å². The van der Waals surface area contributed by atoms with E-state index in [0.717, 1.165) is 6.42 Å². The number of carbonyl (C=O) groups excluding carboxylic acids is 3. The van der Waals surface area contributed by atoms with Crippen LogP contribution in [0.2, 0.25) is 10.0 Å². The van der Waals surface area contributed by atoms with Crippen molar-refractivity contribution in [3.05, 3.63) is 70.2 Å². The third-order valence-electron chi connectivity index (χ3n) is 7.23. The molecule has 5 aliphatic rings. The highest BCUT2D eigenvalue weighted by molar-refractivity contribution is 6.36. The Hall–Kier alpha value is -2.63. The minimum atomic E-state index is -0.356. The number of imide groups is 1. The van der Waals surface area contributed by atoms with Crippen LogP contribution in [0, 0.1) is 35.5 Å². The predicted octanol–water partition coefficient (Wildman–Crippen LogP) is 4.80. The van der Waals surface area contributed by atoms with Crippen molar-refractivity contribution in [3.8, 4) is 0 Å². The van der Waals surface area contributed by atoms with E-state index in [1.165, 1.54) is 4.90 Å². The van der Waals surface area contributed by atoms with Gasteiger partial charge in [0.1, 0.15) is 0 Å². The van der Waals surface area contributed by atoms with E-state index < -0.39 is 0 Å². The second-order valence-corrected chi connectivity index (χ2v) is 9.64. The van der Waals surface area contributed by atoms with Gasteiger partial charge in [0.05, 0.1) is 28.2 Å². The lowest BCUT2D eigenvalue weighted by molar-refractivity contribution is -0.124. The molecule has 2 saturated carbocycles. The van der Waals surface area contributed by atoms with Crippen molar-refractivity contribution >= 4 is 52.3 Å². The molecule has 2 aromatic rings. The average molecular weight is 453 g/mol. The first-order valence-corrected chi connectivity index (χ1v) is 11.1. The number of carbonyl (C=O) groups is 3. The molecule has 0 spiro atoms. The Morgan fingerprint density at radius 2 is 1.52 bits per heavy atom. The van der Waals surface area contributed by atoms with Gasteiger partial charge >= 0.3 is 0 Å². The highest BCUT2D eigenvalue weighted by Gasteiger charge is 2.67. The van der Waals surface area contributed by atoms with E-state index in [1.54, 1.807) is 42.5 Å². The monoisotopic (exact) mass is 452 g/mol. The van der Waals surface area contributed by atoms with Crippen LogP contribution in [0.1, 0.15) is 16.8 Å². The number of halogens is 2. The van der Waals surface area contributed by atoms with Gasteiger partial charge in [-0.2, -0.15) is 0 Å². The maximum absolute atomic E-state index is 13.2. The van der Waals surface area contributed by atoms with Gasteiger partial charge in [0.15, 0.2) is 0 Å². The van der Waals surface area contributed by atoms with Crippen LogP contribution in [-0.2, 0) is 9.59 Å². The molecular weight excluding hydrogens is 435 g/mol. The van der Waals surface area contributed by atoms with E-state index in [4.69, 9.17) is 23.2 Å². The lowest BCUT2D eigenvalue weighted by atomic mass is 9.63. The fourth-order valence-electron chi connectivity index (χ4n) is 5.76. The Kier molecular flexibility index (Phi) is 4.11. The van der Waals surface area contributed by atoms with Crippen molar-refractivity contribution in [2.24, 2.45) is 35.5 Å². The molecule has 1 heterocycles. The van der Waals surface area contributed by atoms with Crippen LogP contribution >= 0.6 is 23.2 Å². The van der Waals surface area contributed by atoms with E-state index in [0.29, 0.717) is 38.8 Å². The first-order chi connectivity index (χ1) is 14.9. The second kappa shape index (κ2) is 6.68. The molecule has 4 aliphatic carbocycles. The summed E-state index contributed by atoms with van der Waals surface area (Å²) in [4.78, 5) is 40.3. The maximum Gasteiger partial charge on any atom is 0.255 e. The Labute approximate surface area is 189 Å². The fraction of sp³-hybridized carbons (Fsp3) is 0.292. The summed E-state index contributed by atoms with van der Waals surface area (Å²) in [5.74, 6) is 0.465. The zero-order chi connectivity index (χ0) is 21.4. The lowest BCUT2D eigenvalue weighted by Gasteiger charge is -2.37. The van der Waals surface area contributed by atoms with Gasteiger partial charge in [-0.25, -0.2) is 0 Å². The lowest BCUT2D eigenvalue weighted by Crippen LogP contribution is -2.40. The Bertz CT molecular complexity index is 1140. The largest absolute Gasteiger partial charge is 0.321 e. The second-order valence-electron chi connectivity index (χ2n) is 8.79. The molecule has 6 atom stereocenters. The molecule has 6 unspecified atom stereocenters. The number of anilines is 2. The van der Waals surface area contributed by atoms with Crippen LogP contribution in [0.15, 0.2) is 54.6 Å². The van der Waals surface area contributed by atoms with Gasteiger partial charge in [0, 0.05) is 10.6 Å². The van der Waals surface area contributed by atoms with Crippen molar-refractivity contribution in [2.45, 2.75) is 6.42 Å². The average Bonchev–Trinajstić information content (AvgIpc) is 3.54. The molecule has 3 fully saturated rings. The summed E-state index contributed by atoms with van der Waals surface area (Å²) in [6, 6.07) is 11.3. The van der Waals surface area contributed by atoms with Crippen LogP contribution in [-0.4, -0.2) is 17.7 Å². The molecule has 2 bridgehead atoms. The molecule has 0 aromatic heterocycles. The molecule has 2 aromatic carbocycles. The number of hydrogen-bond donors (Lipinski definition) is 1. The molecule has 1 saturated heterocycles. The summed E-state index contributed by atoms with van der Waals surface area (Å²) < 4.78 is 0. The quantitative estimate of drug-likeness (QED) is 0.536. The summed E-state index contributed by atoms with van der Waals surface area (Å²) in [6.07, 6.45) is 5.45. The number of allylic oxidation sites excluding steroid dienone is 2. The van der Waals surface area contributed by atoms with Gasteiger partial charge in [-0.3, -0.25) is 19.3 Å². The molecule has 31 heavy (non-hydrogen) atoms. The number of rotatable bonds is 3. The van der Waals surface area contributed by atoms with Crippen LogP contribution in [0.3, 0.4) is 0 Å². The van der Waals surface area contributed by atoms with Crippen molar-refractivity contribution in [3.63, 3.8) is 0 Å². The van der Waals surface area contributed by atoms with Gasteiger partial charge in [-0.15, -0.1) is 0 Å². The molecule has 0 radical (unpaired) electrons. The number of nitrogens with zero attached hydrogens (tertiary/aromatic N) is 1. The molecule has 7 heteroatoms. The molecule has 1 aliphatic heterocycles. The topological polar surface area (TPSA) is 66.5 Å². The maximum atomic E-state index is 13.2. The first kappa shape index (κ1) is 19.1. The molecule has 3 amide bonds. The minimum absolute atomic E-state index is 0.109. The molecule has 7 rings (SSSR count). The summed E-state index contributed by atoms with van der Waals surface area (Å²) in [6.45, 7) is 0. The van der Waals surface area contributed by atoms with Gasteiger partial charge in [-0.1, -0.05) is 35.4 Å². The molecular formula is C24H18Cl2N2O3. The highest BCUT2D eigenvalue weighted by Crippen LogP contribution is 2.65. The van der Waals surface area contributed by atoms with Gasteiger partial charge < -0.3 is 5.32 Å². The molecule has 1 N–H and O–H groups in total. The fourth-order valence-corrected chi connectivity index (χ4v) is 6.10. The van der Waals surface area contributed by atoms with E-state index in [2.05, 4.69) is 17.5 Å². The zero-order valence-corrected chi connectivity index (χ0v) is 17.8. The summed E-state index contributed by atoms with van der Waals surface area (Å²) in [5.41, 5.74) is 1.31. The summed E-state index contributed by atoms with van der Waals surface area (Å²) in [7, 11) is 0. The van der Waals surface area contributed by atoms with Crippen LogP contribution in [0.5, 0.6) is 0 Å². The van der Waals surface area contributed by atoms with E-state index in [1.807, 2.05) is 0 Å². The third-order valence-corrected chi connectivity index (χ3v) is 7.79. The van der Waals surface area contributed by atoms with Crippen LogP contribution < -0.4 is 10.2 Å². The Balaban J connectivity index is 1.23. The van der Waals surface area contributed by atoms with E-state index >= 15 is 0 Å². The Morgan fingerprint density at radius 1 is 0.903 bits per heavy atom. The minimum Gasteiger partial charge on any atom is -0.321 e. The van der Waals surface area contributed by atoms with Crippen molar-refractivity contribution < 1.29 is 14.4 Å². The summed E-state index contributed by atoms with van der Waals surface area (Å²) in [5, 5.41) is 3.58. The zero-order valence-electron chi connectivity index (χ0n) is 16.3. The van der Waals surface area contributed by atoms with Gasteiger partial charge in [-0.05, 0) is 72.6 Å². The van der Waals surface area contributed by atoms with Gasteiger partial charge in [0.25, 0.3) is 5.91 Å². The van der Waals surface area contributed by atoms with Crippen LogP contribution in [0.4, 0.5) is 11.4 Å². The molecule has 5 nitrogen and oxygen atoms in total. The molecule has 156 valence electrons. The first-order valence-electron chi connectivity index (χ1n) is 10.4. The number of benzene rings is 2. The summed E-state index contributed by atoms with van der Waals surface area (Å²) >= 11 is 12.1. The van der Waals surface area contributed by atoms with Crippen molar-refractivity contribution in [2.75, 3.05) is 10.2 Å². The number of amides is 3. The standard InChI is InChI=1S/C24H18Cl2N2O3/c25-12-3-8-18(26)19(9-12)27-22(29)11-1-4-13(5-2-11)28-23(30)20-14-6-7-15(17-10-16(14)17)21(20)24(28)31/h1-9,14-17,20-21H,10H2,(H,27,29). The Morgan fingerprint density at radius 3 is 2.13 bits per heavy atom. The van der Waals surface area contributed by atoms with Crippen molar-refractivity contribution in [1.82, 2.24) is 0 Å². The predicted molar refractivity (Wildman–Crippen MR) is 118 cm³/mol. The number of hydrogen-bond acceptors (Lipinski definition) is 3. The SMILES string of the molecule is O=C(Nc1cc(Cl)ccc1Cl)c1ccc(N2C(=O)C3C4C=CC(C5CC45)C3C2=O)cc1. The third kappa shape index (κ3) is 2.80. The smallest absolute Gasteiger partial charge is 0.255 e. The van der Waals surface area contributed by atoms with Crippen molar-refractivity contribution in [1.29, 1.82) is 0 Å².